The zero-order valence-electron chi connectivity index (χ0n) is 6.67. The lowest BCUT2D eigenvalue weighted by molar-refractivity contribution is 0.421. The lowest BCUT2D eigenvalue weighted by atomic mass is 10.2. The monoisotopic (exact) mass is 232 g/mol. The molecule has 6 heteroatoms. The third kappa shape index (κ3) is 1.71. The van der Waals surface area contributed by atoms with E-state index < -0.39 is 5.82 Å². The molecule has 0 saturated heterocycles. The van der Waals surface area contributed by atoms with Crippen molar-refractivity contribution in [1.82, 2.24) is 10.1 Å². The Morgan fingerprint density at radius 3 is 2.64 bits per heavy atom. The van der Waals surface area contributed by atoms with Gasteiger partial charge in [0.25, 0.3) is 0 Å². The number of rotatable bonds is 1. The molecule has 0 spiro atoms. The van der Waals surface area contributed by atoms with Gasteiger partial charge in [0.15, 0.2) is 0 Å². The average molecular weight is 233 g/mol. The molecule has 14 heavy (non-hydrogen) atoms. The molecule has 0 aliphatic rings. The average Bonchev–Trinajstić information content (AvgIpc) is 2.57. The van der Waals surface area contributed by atoms with E-state index in [1.165, 1.54) is 18.2 Å². The van der Waals surface area contributed by atoms with E-state index in [1.807, 2.05) is 0 Å². The molecule has 0 bridgehead atoms. The molecular formula is C8H3Cl2FN2O. The van der Waals surface area contributed by atoms with Gasteiger partial charge in [-0.3, -0.25) is 0 Å². The van der Waals surface area contributed by atoms with Crippen LogP contribution in [-0.2, 0) is 0 Å². The van der Waals surface area contributed by atoms with Gasteiger partial charge in [-0.2, -0.15) is 4.98 Å². The number of hydrogen-bond donors (Lipinski definition) is 0. The highest BCUT2D eigenvalue weighted by Gasteiger charge is 2.08. The second-order valence-electron chi connectivity index (χ2n) is 2.50. The van der Waals surface area contributed by atoms with Crippen molar-refractivity contribution in [3.8, 4) is 11.4 Å². The molecule has 0 unspecified atom stereocenters. The fourth-order valence-electron chi connectivity index (χ4n) is 0.957. The Balaban J connectivity index is 2.47. The highest BCUT2D eigenvalue weighted by molar-refractivity contribution is 6.31. The second-order valence-corrected chi connectivity index (χ2v) is 3.23. The highest BCUT2D eigenvalue weighted by Crippen LogP contribution is 2.23. The summed E-state index contributed by atoms with van der Waals surface area (Å²) in [6.45, 7) is 0. The van der Waals surface area contributed by atoms with Crippen LogP contribution in [0.15, 0.2) is 22.7 Å². The van der Waals surface area contributed by atoms with Crippen molar-refractivity contribution in [2.24, 2.45) is 0 Å². The van der Waals surface area contributed by atoms with Crippen LogP contribution in [0.2, 0.25) is 10.4 Å². The van der Waals surface area contributed by atoms with Crippen LogP contribution in [0.25, 0.3) is 11.4 Å². The summed E-state index contributed by atoms with van der Waals surface area (Å²) in [5.74, 6) is -0.220. The Morgan fingerprint density at radius 2 is 2.07 bits per heavy atom. The summed E-state index contributed by atoms with van der Waals surface area (Å²) in [5.41, 5.74) is 0.548. The molecule has 2 aromatic rings. The van der Waals surface area contributed by atoms with E-state index in [9.17, 15) is 4.39 Å². The van der Waals surface area contributed by atoms with Crippen LogP contribution in [0.5, 0.6) is 0 Å². The van der Waals surface area contributed by atoms with Crippen molar-refractivity contribution >= 4 is 23.2 Å². The summed E-state index contributed by atoms with van der Waals surface area (Å²) in [6.07, 6.45) is 0. The van der Waals surface area contributed by atoms with Crippen molar-refractivity contribution in [2.75, 3.05) is 0 Å². The van der Waals surface area contributed by atoms with Crippen molar-refractivity contribution in [1.29, 1.82) is 0 Å². The van der Waals surface area contributed by atoms with Gasteiger partial charge in [0, 0.05) is 5.56 Å². The molecule has 0 fully saturated rings. The first-order valence-electron chi connectivity index (χ1n) is 3.61. The van der Waals surface area contributed by atoms with Gasteiger partial charge in [-0.25, -0.2) is 4.39 Å². The molecule has 2 rings (SSSR count). The third-order valence-electron chi connectivity index (χ3n) is 1.58. The topological polar surface area (TPSA) is 38.9 Å². The Hall–Kier alpha value is -1.13. The predicted octanol–water partition coefficient (Wildman–Crippen LogP) is 3.18. The number of aromatic nitrogens is 2. The molecular weight excluding hydrogens is 230 g/mol. The lowest BCUT2D eigenvalue weighted by Gasteiger charge is -1.95. The van der Waals surface area contributed by atoms with Gasteiger partial charge in [-0.1, -0.05) is 16.8 Å². The molecule has 0 radical (unpaired) electrons. The Bertz CT molecular complexity index is 472. The van der Waals surface area contributed by atoms with E-state index in [4.69, 9.17) is 23.2 Å². The number of benzene rings is 1. The van der Waals surface area contributed by atoms with E-state index >= 15 is 0 Å². The first kappa shape index (κ1) is 9.43. The van der Waals surface area contributed by atoms with Gasteiger partial charge in [0.05, 0.1) is 5.02 Å². The van der Waals surface area contributed by atoms with Gasteiger partial charge in [-0.15, -0.1) is 0 Å². The molecule has 72 valence electrons. The van der Waals surface area contributed by atoms with Gasteiger partial charge < -0.3 is 4.52 Å². The number of nitrogens with zero attached hydrogens (tertiary/aromatic N) is 2. The predicted molar refractivity (Wildman–Crippen MR) is 49.7 cm³/mol. The minimum Gasteiger partial charge on any atom is -0.321 e. The van der Waals surface area contributed by atoms with Gasteiger partial charge in [0.2, 0.25) is 5.82 Å². The summed E-state index contributed by atoms with van der Waals surface area (Å²) in [7, 11) is 0. The van der Waals surface area contributed by atoms with Gasteiger partial charge >= 0.3 is 5.35 Å². The van der Waals surface area contributed by atoms with Crippen LogP contribution in [0, 0.1) is 5.82 Å². The van der Waals surface area contributed by atoms with Crippen LogP contribution < -0.4 is 0 Å². The highest BCUT2D eigenvalue weighted by atomic mass is 35.5. The molecule has 0 atom stereocenters. The van der Waals surface area contributed by atoms with E-state index in [0.29, 0.717) is 5.56 Å². The minimum atomic E-state index is -0.495. The first-order valence-corrected chi connectivity index (χ1v) is 4.37. The molecule has 3 nitrogen and oxygen atoms in total. The lowest BCUT2D eigenvalue weighted by Crippen LogP contribution is -1.82. The van der Waals surface area contributed by atoms with Crippen LogP contribution >= 0.6 is 23.2 Å². The minimum absolute atomic E-state index is 0.00317. The SMILES string of the molecule is Fc1ccc(-c2noc(Cl)n2)cc1Cl. The fraction of sp³-hybridized carbons (Fsp3) is 0. The summed E-state index contributed by atoms with van der Waals surface area (Å²) in [5, 5.41) is 3.49. The van der Waals surface area contributed by atoms with Crippen LogP contribution in [0.3, 0.4) is 0 Å². The normalized spacial score (nSPS) is 10.5. The molecule has 0 amide bonds. The molecule has 0 aliphatic heterocycles. The molecule has 0 aliphatic carbocycles. The molecule has 0 saturated carbocycles. The standard InChI is InChI=1S/C8H3Cl2FN2O/c9-5-3-4(1-2-6(5)11)7-12-8(10)14-13-7/h1-3H. The van der Waals surface area contributed by atoms with Crippen molar-refractivity contribution in [3.05, 3.63) is 34.4 Å². The van der Waals surface area contributed by atoms with Crippen molar-refractivity contribution in [2.45, 2.75) is 0 Å². The Morgan fingerprint density at radius 1 is 1.29 bits per heavy atom. The van der Waals surface area contributed by atoms with Crippen molar-refractivity contribution in [3.63, 3.8) is 0 Å². The summed E-state index contributed by atoms with van der Waals surface area (Å²) < 4.78 is 17.4. The maximum Gasteiger partial charge on any atom is 0.320 e. The van der Waals surface area contributed by atoms with E-state index in [-0.39, 0.29) is 16.2 Å². The van der Waals surface area contributed by atoms with Crippen LogP contribution in [0.1, 0.15) is 0 Å². The smallest absolute Gasteiger partial charge is 0.320 e. The molecule has 1 aromatic heterocycles. The quantitative estimate of drug-likeness (QED) is 0.759. The molecule has 1 heterocycles. The maximum atomic E-state index is 12.8. The van der Waals surface area contributed by atoms with E-state index in [2.05, 4.69) is 14.7 Å². The van der Waals surface area contributed by atoms with Crippen molar-refractivity contribution < 1.29 is 8.91 Å². The largest absolute Gasteiger partial charge is 0.321 e. The fourth-order valence-corrected chi connectivity index (χ4v) is 1.25. The number of hydrogen-bond acceptors (Lipinski definition) is 3. The van der Waals surface area contributed by atoms with Crippen LogP contribution in [0.4, 0.5) is 4.39 Å². The van der Waals surface area contributed by atoms with Gasteiger partial charge in [0.1, 0.15) is 5.82 Å². The van der Waals surface area contributed by atoms with E-state index in [1.54, 1.807) is 0 Å². The molecule has 1 aromatic carbocycles. The summed E-state index contributed by atoms with van der Waals surface area (Å²) in [6, 6.07) is 4.11. The van der Waals surface area contributed by atoms with E-state index in [0.717, 1.165) is 0 Å². The Kier molecular flexibility index (Phi) is 2.39. The van der Waals surface area contributed by atoms with Gasteiger partial charge in [-0.05, 0) is 29.8 Å². The Labute approximate surface area is 88.4 Å². The zero-order valence-corrected chi connectivity index (χ0v) is 8.18. The van der Waals surface area contributed by atoms with Crippen LogP contribution in [-0.4, -0.2) is 10.1 Å². The summed E-state index contributed by atoms with van der Waals surface area (Å²) in [4.78, 5) is 3.76. The number of halogens is 3. The third-order valence-corrected chi connectivity index (χ3v) is 2.02. The zero-order chi connectivity index (χ0) is 10.1. The molecule has 0 N–H and O–H groups in total. The first-order chi connectivity index (χ1) is 6.66. The summed E-state index contributed by atoms with van der Waals surface area (Å²) >= 11 is 11.0. The maximum absolute atomic E-state index is 12.8. The second kappa shape index (κ2) is 3.55.